The molecule has 0 unspecified atom stereocenters. The topological polar surface area (TPSA) is 92.4 Å². The number of benzene rings is 2. The van der Waals surface area contributed by atoms with E-state index in [1.54, 1.807) is 0 Å². The van der Waals surface area contributed by atoms with Crippen molar-refractivity contribution in [2.75, 3.05) is 23.3 Å². The van der Waals surface area contributed by atoms with E-state index in [2.05, 4.69) is 5.32 Å². The van der Waals surface area contributed by atoms with Crippen LogP contribution in [0.2, 0.25) is 0 Å². The summed E-state index contributed by atoms with van der Waals surface area (Å²) in [6.07, 6.45) is 1.20. The highest BCUT2D eigenvalue weighted by molar-refractivity contribution is 7.85. The van der Waals surface area contributed by atoms with Gasteiger partial charge in [-0.05, 0) is 48.2 Å². The Hall–Kier alpha value is -2.05. The summed E-state index contributed by atoms with van der Waals surface area (Å²) in [6.45, 7) is 0.497. The Balaban J connectivity index is 1.83. The first-order chi connectivity index (χ1) is 10.4. The molecular formula is C16H20N2O3S. The van der Waals surface area contributed by atoms with Gasteiger partial charge in [0, 0.05) is 17.9 Å². The summed E-state index contributed by atoms with van der Waals surface area (Å²) >= 11 is 0. The first kappa shape index (κ1) is 16.3. The van der Waals surface area contributed by atoms with E-state index in [1.165, 1.54) is 11.1 Å². The largest absolute Gasteiger partial charge is 0.399 e. The van der Waals surface area contributed by atoms with Crippen LogP contribution in [0.15, 0.2) is 48.5 Å². The molecule has 6 heteroatoms. The van der Waals surface area contributed by atoms with Crippen molar-refractivity contribution in [1.29, 1.82) is 0 Å². The number of hydrogen-bond donors (Lipinski definition) is 3. The minimum atomic E-state index is -3.87. The first-order valence-corrected chi connectivity index (χ1v) is 8.66. The normalized spacial score (nSPS) is 11.3. The molecule has 0 fully saturated rings. The second-order valence-corrected chi connectivity index (χ2v) is 6.75. The lowest BCUT2D eigenvalue weighted by Gasteiger charge is -2.07. The van der Waals surface area contributed by atoms with E-state index in [9.17, 15) is 8.42 Å². The predicted molar refractivity (Wildman–Crippen MR) is 89.6 cm³/mol. The Labute approximate surface area is 130 Å². The Kier molecular flexibility index (Phi) is 5.41. The summed E-state index contributed by atoms with van der Waals surface area (Å²) in [5, 5.41) is 3.12. The third-order valence-corrected chi connectivity index (χ3v) is 4.05. The van der Waals surface area contributed by atoms with Gasteiger partial charge < -0.3 is 11.1 Å². The van der Waals surface area contributed by atoms with Gasteiger partial charge >= 0.3 is 0 Å². The van der Waals surface area contributed by atoms with Crippen molar-refractivity contribution in [3.63, 3.8) is 0 Å². The smallest absolute Gasteiger partial charge is 0.264 e. The molecule has 0 saturated heterocycles. The van der Waals surface area contributed by atoms with Gasteiger partial charge in [-0.2, -0.15) is 8.42 Å². The maximum Gasteiger partial charge on any atom is 0.264 e. The number of nitrogen functional groups attached to an aromatic ring is 1. The van der Waals surface area contributed by atoms with Crippen LogP contribution in [-0.2, 0) is 16.5 Å². The van der Waals surface area contributed by atoms with E-state index < -0.39 is 10.1 Å². The van der Waals surface area contributed by atoms with E-state index in [0.29, 0.717) is 13.0 Å². The highest BCUT2D eigenvalue weighted by atomic mass is 32.2. The molecule has 2 aromatic rings. The molecule has 0 aromatic heterocycles. The van der Waals surface area contributed by atoms with Crippen LogP contribution >= 0.6 is 0 Å². The van der Waals surface area contributed by atoms with Crippen LogP contribution < -0.4 is 11.1 Å². The molecule has 0 aliphatic rings. The summed E-state index contributed by atoms with van der Waals surface area (Å²) in [6, 6.07) is 15.8. The second-order valence-electron chi connectivity index (χ2n) is 5.18. The summed E-state index contributed by atoms with van der Waals surface area (Å²) in [5.41, 5.74) is 9.73. The van der Waals surface area contributed by atoms with Crippen molar-refractivity contribution in [1.82, 2.24) is 0 Å². The van der Waals surface area contributed by atoms with Crippen LogP contribution in [0, 0.1) is 0 Å². The Bertz CT molecular complexity index is 695. The van der Waals surface area contributed by atoms with Gasteiger partial charge in [-0.1, -0.05) is 24.3 Å². The summed E-state index contributed by atoms with van der Waals surface area (Å²) in [4.78, 5) is 0. The van der Waals surface area contributed by atoms with Crippen molar-refractivity contribution in [2.45, 2.75) is 12.8 Å². The summed E-state index contributed by atoms with van der Waals surface area (Å²) in [7, 11) is -3.87. The molecular weight excluding hydrogens is 300 g/mol. The van der Waals surface area contributed by atoms with E-state index >= 15 is 0 Å². The molecule has 0 amide bonds. The lowest BCUT2D eigenvalue weighted by atomic mass is 10.0. The monoisotopic (exact) mass is 320 g/mol. The van der Waals surface area contributed by atoms with E-state index in [-0.39, 0.29) is 5.75 Å². The zero-order valence-corrected chi connectivity index (χ0v) is 13.0. The van der Waals surface area contributed by atoms with Crippen molar-refractivity contribution in [2.24, 2.45) is 0 Å². The van der Waals surface area contributed by atoms with Gasteiger partial charge in [-0.15, -0.1) is 0 Å². The van der Waals surface area contributed by atoms with Crippen LogP contribution in [0.4, 0.5) is 11.4 Å². The minimum absolute atomic E-state index is 0.227. The van der Waals surface area contributed by atoms with Crippen LogP contribution in [0.1, 0.15) is 17.5 Å². The lowest BCUT2D eigenvalue weighted by Crippen LogP contribution is -2.10. The third-order valence-electron chi connectivity index (χ3n) is 3.25. The average Bonchev–Trinajstić information content (AvgIpc) is 2.47. The average molecular weight is 320 g/mol. The number of nitrogens with two attached hydrogens (primary N) is 1. The Morgan fingerprint density at radius 3 is 2.05 bits per heavy atom. The molecule has 0 bridgehead atoms. The number of nitrogens with one attached hydrogen (secondary N) is 1. The van der Waals surface area contributed by atoms with Gasteiger partial charge in [0.25, 0.3) is 10.1 Å². The van der Waals surface area contributed by atoms with Gasteiger partial charge in [0.2, 0.25) is 0 Å². The van der Waals surface area contributed by atoms with Crippen LogP contribution in [0.25, 0.3) is 0 Å². The number of hydrogen-bond acceptors (Lipinski definition) is 4. The molecule has 0 aliphatic carbocycles. The quantitative estimate of drug-likeness (QED) is 0.414. The predicted octanol–water partition coefficient (Wildman–Crippen LogP) is 2.55. The molecule has 0 aliphatic heterocycles. The fourth-order valence-electron chi connectivity index (χ4n) is 2.10. The molecule has 0 atom stereocenters. The fourth-order valence-corrected chi connectivity index (χ4v) is 2.61. The zero-order chi connectivity index (χ0) is 16.0. The van der Waals surface area contributed by atoms with Crippen LogP contribution in [0.5, 0.6) is 0 Å². The lowest BCUT2D eigenvalue weighted by molar-refractivity contribution is 0.481. The Morgan fingerprint density at radius 1 is 0.955 bits per heavy atom. The number of anilines is 2. The van der Waals surface area contributed by atoms with Crippen molar-refractivity contribution < 1.29 is 13.0 Å². The third kappa shape index (κ3) is 5.75. The number of rotatable bonds is 7. The Morgan fingerprint density at radius 2 is 1.50 bits per heavy atom. The van der Waals surface area contributed by atoms with Crippen molar-refractivity contribution in [3.05, 3.63) is 59.7 Å². The van der Waals surface area contributed by atoms with Gasteiger partial charge in [0.1, 0.15) is 0 Å². The molecule has 22 heavy (non-hydrogen) atoms. The molecule has 2 aromatic carbocycles. The van der Waals surface area contributed by atoms with Crippen molar-refractivity contribution >= 4 is 21.5 Å². The van der Waals surface area contributed by atoms with E-state index in [1.807, 2.05) is 48.5 Å². The van der Waals surface area contributed by atoms with E-state index in [0.717, 1.165) is 17.8 Å². The second kappa shape index (κ2) is 7.29. The minimum Gasteiger partial charge on any atom is -0.399 e. The van der Waals surface area contributed by atoms with Gasteiger partial charge in [-0.3, -0.25) is 4.55 Å². The van der Waals surface area contributed by atoms with Gasteiger partial charge in [0.15, 0.2) is 0 Å². The fraction of sp³-hybridized carbons (Fsp3) is 0.250. The molecule has 118 valence electrons. The molecule has 0 radical (unpaired) electrons. The van der Waals surface area contributed by atoms with E-state index in [4.69, 9.17) is 10.3 Å². The van der Waals surface area contributed by atoms with Crippen molar-refractivity contribution in [3.8, 4) is 0 Å². The van der Waals surface area contributed by atoms with Crippen LogP contribution in [0.3, 0.4) is 0 Å². The first-order valence-electron chi connectivity index (χ1n) is 7.05. The molecule has 2 rings (SSSR count). The van der Waals surface area contributed by atoms with Crippen LogP contribution in [-0.4, -0.2) is 25.3 Å². The summed E-state index contributed by atoms with van der Waals surface area (Å²) in [5.74, 6) is -0.227. The maximum atomic E-state index is 10.6. The maximum absolute atomic E-state index is 10.6. The molecule has 0 heterocycles. The zero-order valence-electron chi connectivity index (χ0n) is 12.2. The van der Waals surface area contributed by atoms with Gasteiger partial charge in [-0.25, -0.2) is 0 Å². The standard InChI is InChI=1S/C16H20N2O3S/c17-15-6-2-13(3-7-15)12-14-4-8-16(9-5-14)18-10-1-11-22(19,20)21/h2-9,18H,1,10-12,17H2,(H,19,20,21). The molecule has 0 spiro atoms. The highest BCUT2D eigenvalue weighted by Gasteiger charge is 2.03. The van der Waals surface area contributed by atoms with Gasteiger partial charge in [0.05, 0.1) is 5.75 Å². The molecule has 0 saturated carbocycles. The summed E-state index contributed by atoms with van der Waals surface area (Å²) < 4.78 is 29.8. The molecule has 4 N–H and O–H groups in total. The highest BCUT2D eigenvalue weighted by Crippen LogP contribution is 2.14. The SMILES string of the molecule is Nc1ccc(Cc2ccc(NCCCS(=O)(=O)O)cc2)cc1. The molecule has 5 nitrogen and oxygen atoms in total.